The lowest BCUT2D eigenvalue weighted by atomic mass is 10.0. The van der Waals surface area contributed by atoms with Gasteiger partial charge in [0.1, 0.15) is 5.54 Å². The summed E-state index contributed by atoms with van der Waals surface area (Å²) in [7, 11) is 0. The number of halogens is 1. The van der Waals surface area contributed by atoms with Crippen LogP contribution in [0.5, 0.6) is 0 Å². The number of hydrogen-bond donors (Lipinski definition) is 2. The molecular formula is C13H17BrN6O2. The molecule has 0 spiro atoms. The molecule has 0 fully saturated rings. The molecule has 0 bridgehead atoms. The van der Waals surface area contributed by atoms with Gasteiger partial charge in [0.2, 0.25) is 0 Å². The molecule has 2 aromatic heterocycles. The summed E-state index contributed by atoms with van der Waals surface area (Å²) in [5.41, 5.74) is 4.67. The predicted octanol–water partition coefficient (Wildman–Crippen LogP) is 1.33. The van der Waals surface area contributed by atoms with Crippen molar-refractivity contribution in [3.05, 3.63) is 28.8 Å². The number of hydrogen-bond acceptors (Lipinski definition) is 4. The van der Waals surface area contributed by atoms with Gasteiger partial charge in [0.25, 0.3) is 11.8 Å². The molecule has 2 heterocycles. The molecule has 2 amide bonds. The van der Waals surface area contributed by atoms with Crippen molar-refractivity contribution in [2.24, 2.45) is 5.73 Å². The van der Waals surface area contributed by atoms with E-state index in [1.807, 2.05) is 6.92 Å². The van der Waals surface area contributed by atoms with Gasteiger partial charge >= 0.3 is 0 Å². The maximum absolute atomic E-state index is 12.5. The molecule has 0 radical (unpaired) electrons. The molecule has 0 unspecified atom stereocenters. The zero-order chi connectivity index (χ0) is 16.5. The highest BCUT2D eigenvalue weighted by atomic mass is 79.9. The Hall–Kier alpha value is -2.16. The van der Waals surface area contributed by atoms with E-state index >= 15 is 0 Å². The minimum absolute atomic E-state index is 0.0349. The first kappa shape index (κ1) is 16.2. The number of primary amides is 1. The van der Waals surface area contributed by atoms with Crippen molar-refractivity contribution in [1.82, 2.24) is 19.6 Å². The molecule has 8 nitrogen and oxygen atoms in total. The molecule has 22 heavy (non-hydrogen) atoms. The molecule has 2 rings (SSSR count). The Kier molecular flexibility index (Phi) is 4.36. The predicted molar refractivity (Wildman–Crippen MR) is 84.3 cm³/mol. The number of carbonyl (C=O) groups is 2. The van der Waals surface area contributed by atoms with Gasteiger partial charge in [0.15, 0.2) is 5.69 Å². The van der Waals surface area contributed by atoms with Gasteiger partial charge in [-0.05, 0) is 36.7 Å². The fourth-order valence-electron chi connectivity index (χ4n) is 1.84. The highest BCUT2D eigenvalue weighted by Crippen LogP contribution is 2.21. The van der Waals surface area contributed by atoms with Gasteiger partial charge < -0.3 is 11.1 Å². The highest BCUT2D eigenvalue weighted by molar-refractivity contribution is 9.10. The molecule has 0 atom stereocenters. The number of anilines is 1. The van der Waals surface area contributed by atoms with Crippen molar-refractivity contribution in [1.29, 1.82) is 0 Å². The summed E-state index contributed by atoms with van der Waals surface area (Å²) in [4.78, 5) is 24.0. The largest absolute Gasteiger partial charge is 0.364 e. The summed E-state index contributed by atoms with van der Waals surface area (Å²) in [6.07, 6.45) is 4.87. The van der Waals surface area contributed by atoms with Crippen molar-refractivity contribution in [3.8, 4) is 0 Å². The molecule has 0 aliphatic carbocycles. The zero-order valence-corrected chi connectivity index (χ0v) is 14.1. The van der Waals surface area contributed by atoms with Crippen molar-refractivity contribution < 1.29 is 9.59 Å². The molecule has 2 aromatic rings. The van der Waals surface area contributed by atoms with Crippen LogP contribution in [0.25, 0.3) is 0 Å². The van der Waals surface area contributed by atoms with Gasteiger partial charge in [-0.25, -0.2) is 0 Å². The van der Waals surface area contributed by atoms with Crippen molar-refractivity contribution >= 4 is 33.4 Å². The van der Waals surface area contributed by atoms with E-state index in [2.05, 4.69) is 31.4 Å². The summed E-state index contributed by atoms with van der Waals surface area (Å²) in [5, 5.41) is 10.9. The number of aromatic nitrogens is 4. The molecule has 9 heteroatoms. The van der Waals surface area contributed by atoms with Crippen LogP contribution in [0.1, 0.15) is 31.3 Å². The van der Waals surface area contributed by atoms with E-state index in [0.29, 0.717) is 12.2 Å². The number of aryl methyl sites for hydroxylation is 1. The number of nitrogens with zero attached hydrogens (tertiary/aromatic N) is 4. The standard InChI is InChI=1S/C13H17BrN6O2/c1-4-19-7-9(10(18-19)11(15)21)17-12(22)13(2,3)20-6-8(14)5-16-20/h5-7H,4H2,1-3H3,(H2,15,21)(H,17,22). The van der Waals surface area contributed by atoms with E-state index in [1.54, 1.807) is 32.4 Å². The monoisotopic (exact) mass is 368 g/mol. The fourth-order valence-corrected chi connectivity index (χ4v) is 2.13. The van der Waals surface area contributed by atoms with Gasteiger partial charge in [-0.1, -0.05) is 0 Å². The van der Waals surface area contributed by atoms with Crippen LogP contribution in [0, 0.1) is 0 Å². The van der Waals surface area contributed by atoms with Gasteiger partial charge in [-0.15, -0.1) is 0 Å². The summed E-state index contributed by atoms with van der Waals surface area (Å²) in [6.45, 7) is 5.87. The van der Waals surface area contributed by atoms with Crippen LogP contribution in [0.4, 0.5) is 5.69 Å². The smallest absolute Gasteiger partial charge is 0.271 e. The minimum Gasteiger partial charge on any atom is -0.364 e. The highest BCUT2D eigenvalue weighted by Gasteiger charge is 2.32. The van der Waals surface area contributed by atoms with Crippen LogP contribution in [-0.2, 0) is 16.9 Å². The second-order valence-electron chi connectivity index (χ2n) is 5.23. The lowest BCUT2D eigenvalue weighted by Crippen LogP contribution is -2.40. The third-order valence-electron chi connectivity index (χ3n) is 3.25. The summed E-state index contributed by atoms with van der Waals surface area (Å²) in [5.74, 6) is -1.02. The maximum atomic E-state index is 12.5. The van der Waals surface area contributed by atoms with Crippen molar-refractivity contribution in [2.75, 3.05) is 5.32 Å². The van der Waals surface area contributed by atoms with Crippen LogP contribution in [0.3, 0.4) is 0 Å². The lowest BCUT2D eigenvalue weighted by molar-refractivity contribution is -0.123. The summed E-state index contributed by atoms with van der Waals surface area (Å²) >= 11 is 3.29. The lowest BCUT2D eigenvalue weighted by Gasteiger charge is -2.23. The molecule has 0 aliphatic rings. The first-order chi connectivity index (χ1) is 10.3. The van der Waals surface area contributed by atoms with Gasteiger partial charge in [-0.3, -0.25) is 19.0 Å². The van der Waals surface area contributed by atoms with Crippen LogP contribution >= 0.6 is 15.9 Å². The minimum atomic E-state index is -0.949. The van der Waals surface area contributed by atoms with E-state index in [0.717, 1.165) is 4.47 Å². The molecule has 3 N–H and O–H groups in total. The van der Waals surface area contributed by atoms with Crippen LogP contribution in [-0.4, -0.2) is 31.4 Å². The molecule has 0 aliphatic heterocycles. The molecule has 0 saturated heterocycles. The van der Waals surface area contributed by atoms with Crippen LogP contribution < -0.4 is 11.1 Å². The van der Waals surface area contributed by atoms with Gasteiger partial charge in [0, 0.05) is 18.9 Å². The third-order valence-corrected chi connectivity index (χ3v) is 3.66. The van der Waals surface area contributed by atoms with Gasteiger partial charge in [-0.2, -0.15) is 10.2 Å². The first-order valence-corrected chi connectivity index (χ1v) is 7.44. The number of rotatable bonds is 5. The van der Waals surface area contributed by atoms with E-state index < -0.39 is 11.4 Å². The molecule has 118 valence electrons. The average molecular weight is 369 g/mol. The molecular weight excluding hydrogens is 352 g/mol. The number of nitrogens with two attached hydrogens (primary N) is 1. The Labute approximate surface area is 135 Å². The van der Waals surface area contributed by atoms with E-state index in [1.165, 1.54) is 9.36 Å². The Bertz CT molecular complexity index is 718. The van der Waals surface area contributed by atoms with Crippen molar-refractivity contribution in [3.63, 3.8) is 0 Å². The Morgan fingerprint density at radius 2 is 2.09 bits per heavy atom. The normalized spacial score (nSPS) is 11.5. The van der Waals surface area contributed by atoms with Crippen LogP contribution in [0.15, 0.2) is 23.1 Å². The second kappa shape index (κ2) is 5.91. The Morgan fingerprint density at radius 1 is 1.41 bits per heavy atom. The third kappa shape index (κ3) is 3.03. The van der Waals surface area contributed by atoms with E-state index in [9.17, 15) is 9.59 Å². The SMILES string of the molecule is CCn1cc(NC(=O)C(C)(C)n2cc(Br)cn2)c(C(N)=O)n1. The average Bonchev–Trinajstić information content (AvgIpc) is 3.05. The maximum Gasteiger partial charge on any atom is 0.271 e. The summed E-state index contributed by atoms with van der Waals surface area (Å²) in [6, 6.07) is 0. The second-order valence-corrected chi connectivity index (χ2v) is 6.14. The van der Waals surface area contributed by atoms with Gasteiger partial charge in [0.05, 0.1) is 16.4 Å². The van der Waals surface area contributed by atoms with E-state index in [-0.39, 0.29) is 11.6 Å². The summed E-state index contributed by atoms with van der Waals surface area (Å²) < 4.78 is 3.83. The van der Waals surface area contributed by atoms with Crippen molar-refractivity contribution in [2.45, 2.75) is 32.9 Å². The molecule has 0 aromatic carbocycles. The fraction of sp³-hybridized carbons (Fsp3) is 0.385. The number of carbonyl (C=O) groups excluding carboxylic acids is 2. The number of nitrogens with one attached hydrogen (secondary N) is 1. The number of amides is 2. The van der Waals surface area contributed by atoms with Crippen LogP contribution in [0.2, 0.25) is 0 Å². The molecule has 0 saturated carbocycles. The topological polar surface area (TPSA) is 108 Å². The van der Waals surface area contributed by atoms with E-state index in [4.69, 9.17) is 5.73 Å². The quantitative estimate of drug-likeness (QED) is 0.829. The Balaban J connectivity index is 2.28. The zero-order valence-electron chi connectivity index (χ0n) is 12.5. The Morgan fingerprint density at radius 3 is 2.59 bits per heavy atom. The first-order valence-electron chi connectivity index (χ1n) is 6.65.